The van der Waals surface area contributed by atoms with Crippen molar-refractivity contribution in [3.8, 4) is 0 Å². The summed E-state index contributed by atoms with van der Waals surface area (Å²) in [5.41, 5.74) is 1.52. The maximum Gasteiger partial charge on any atom is 0.255 e. The SMILES string of the molecule is O=C(Cc1nc2c(c(=O)[nH]1)C1CCCCC1S2)Nc1ccccc1. The Balaban J connectivity index is 1.52. The highest BCUT2D eigenvalue weighted by atomic mass is 32.2. The first-order valence-electron chi connectivity index (χ1n) is 8.35. The molecule has 6 heteroatoms. The van der Waals surface area contributed by atoms with Crippen LogP contribution in [0.25, 0.3) is 0 Å². The summed E-state index contributed by atoms with van der Waals surface area (Å²) in [5, 5.41) is 4.13. The van der Waals surface area contributed by atoms with Gasteiger partial charge in [0.15, 0.2) is 0 Å². The summed E-state index contributed by atoms with van der Waals surface area (Å²) in [7, 11) is 0. The normalized spacial score (nSPS) is 21.8. The second-order valence-corrected chi connectivity index (χ2v) is 7.60. The fourth-order valence-corrected chi connectivity index (χ4v) is 5.14. The van der Waals surface area contributed by atoms with Crippen molar-refractivity contribution in [1.82, 2.24) is 9.97 Å². The lowest BCUT2D eigenvalue weighted by Gasteiger charge is -2.23. The molecule has 0 bridgehead atoms. The van der Waals surface area contributed by atoms with Crippen LogP contribution in [-0.2, 0) is 11.2 Å². The van der Waals surface area contributed by atoms with E-state index in [9.17, 15) is 9.59 Å². The Hall–Kier alpha value is -2.08. The molecule has 1 amide bonds. The van der Waals surface area contributed by atoms with E-state index in [2.05, 4.69) is 15.3 Å². The van der Waals surface area contributed by atoms with Gasteiger partial charge in [-0.15, -0.1) is 11.8 Å². The fourth-order valence-electron chi connectivity index (χ4n) is 3.60. The number of benzene rings is 1. The van der Waals surface area contributed by atoms with Gasteiger partial charge in [-0.1, -0.05) is 31.0 Å². The smallest absolute Gasteiger partial charge is 0.255 e. The zero-order chi connectivity index (χ0) is 16.5. The number of nitrogens with one attached hydrogen (secondary N) is 2. The van der Waals surface area contributed by atoms with Gasteiger partial charge >= 0.3 is 0 Å². The third kappa shape index (κ3) is 2.98. The molecule has 1 aliphatic carbocycles. The highest BCUT2D eigenvalue weighted by Crippen LogP contribution is 2.49. The maximum absolute atomic E-state index is 12.5. The van der Waals surface area contributed by atoms with E-state index < -0.39 is 0 Å². The topological polar surface area (TPSA) is 74.8 Å². The van der Waals surface area contributed by atoms with Gasteiger partial charge in [0, 0.05) is 16.9 Å². The molecule has 1 aromatic carbocycles. The minimum Gasteiger partial charge on any atom is -0.326 e. The molecule has 2 aliphatic rings. The minimum atomic E-state index is -0.176. The monoisotopic (exact) mass is 341 g/mol. The first-order valence-corrected chi connectivity index (χ1v) is 9.23. The molecule has 5 nitrogen and oxygen atoms in total. The van der Waals surface area contributed by atoms with Crippen molar-refractivity contribution < 1.29 is 4.79 Å². The molecule has 2 N–H and O–H groups in total. The van der Waals surface area contributed by atoms with Crippen LogP contribution >= 0.6 is 11.8 Å². The second kappa shape index (κ2) is 6.43. The molecule has 0 radical (unpaired) electrons. The first kappa shape index (κ1) is 15.4. The molecule has 24 heavy (non-hydrogen) atoms. The number of para-hydroxylation sites is 1. The second-order valence-electron chi connectivity index (χ2n) is 6.37. The summed E-state index contributed by atoms with van der Waals surface area (Å²) >= 11 is 1.72. The number of hydrogen-bond acceptors (Lipinski definition) is 4. The van der Waals surface area contributed by atoms with Crippen LogP contribution in [0.2, 0.25) is 0 Å². The molecule has 1 aliphatic heterocycles. The predicted octanol–water partition coefficient (Wildman–Crippen LogP) is 3.08. The van der Waals surface area contributed by atoms with Gasteiger partial charge in [0.1, 0.15) is 10.9 Å². The van der Waals surface area contributed by atoms with Crippen molar-refractivity contribution in [3.05, 3.63) is 52.1 Å². The third-order valence-electron chi connectivity index (χ3n) is 4.69. The van der Waals surface area contributed by atoms with E-state index in [1.807, 2.05) is 30.3 Å². The number of aromatic amines is 1. The number of aromatic nitrogens is 2. The Morgan fingerprint density at radius 2 is 2.04 bits per heavy atom. The largest absolute Gasteiger partial charge is 0.326 e. The standard InChI is InChI=1S/C18H19N3O2S/c22-15(19-11-6-2-1-3-7-11)10-14-20-17(23)16-12-8-4-5-9-13(12)24-18(16)21-14/h1-3,6-7,12-13H,4-5,8-10H2,(H,19,22)(H,20,21,23). The summed E-state index contributed by atoms with van der Waals surface area (Å²) in [5.74, 6) is 0.602. The number of fused-ring (bicyclic) bond motifs is 3. The zero-order valence-electron chi connectivity index (χ0n) is 13.2. The number of anilines is 1. The van der Waals surface area contributed by atoms with Crippen LogP contribution in [0, 0.1) is 0 Å². The lowest BCUT2D eigenvalue weighted by Crippen LogP contribution is -2.24. The third-order valence-corrected chi connectivity index (χ3v) is 6.09. The molecule has 1 aromatic heterocycles. The van der Waals surface area contributed by atoms with Crippen LogP contribution < -0.4 is 10.9 Å². The minimum absolute atomic E-state index is 0.0654. The van der Waals surface area contributed by atoms with Crippen LogP contribution in [0.1, 0.15) is 43.0 Å². The van der Waals surface area contributed by atoms with Crippen molar-refractivity contribution in [1.29, 1.82) is 0 Å². The van der Waals surface area contributed by atoms with Gasteiger partial charge in [-0.2, -0.15) is 0 Å². The highest BCUT2D eigenvalue weighted by molar-refractivity contribution is 8.00. The number of amides is 1. The van der Waals surface area contributed by atoms with Crippen LogP contribution in [0.3, 0.4) is 0 Å². The van der Waals surface area contributed by atoms with Gasteiger partial charge in [0.05, 0.1) is 12.0 Å². The molecular formula is C18H19N3O2S. The highest BCUT2D eigenvalue weighted by Gasteiger charge is 2.38. The van der Waals surface area contributed by atoms with E-state index in [0.717, 1.165) is 29.1 Å². The van der Waals surface area contributed by atoms with Gasteiger partial charge < -0.3 is 10.3 Å². The summed E-state index contributed by atoms with van der Waals surface area (Å²) < 4.78 is 0. The number of hydrogen-bond donors (Lipinski definition) is 2. The summed E-state index contributed by atoms with van der Waals surface area (Å²) in [4.78, 5) is 32.0. The van der Waals surface area contributed by atoms with Gasteiger partial charge in [0.2, 0.25) is 5.91 Å². The van der Waals surface area contributed by atoms with Crippen LogP contribution in [0.15, 0.2) is 40.2 Å². The number of thioether (sulfide) groups is 1. The fraction of sp³-hybridized carbons (Fsp3) is 0.389. The van der Waals surface area contributed by atoms with Crippen molar-refractivity contribution in [3.63, 3.8) is 0 Å². The first-order chi connectivity index (χ1) is 11.7. The average Bonchev–Trinajstić information content (AvgIpc) is 2.94. The molecule has 2 unspecified atom stereocenters. The molecule has 2 heterocycles. The van der Waals surface area contributed by atoms with Crippen molar-refractivity contribution >= 4 is 23.4 Å². The Morgan fingerprint density at radius 1 is 1.25 bits per heavy atom. The number of carbonyl (C=O) groups is 1. The van der Waals surface area contributed by atoms with E-state index in [1.165, 1.54) is 12.8 Å². The molecule has 2 aromatic rings. The Kier molecular flexibility index (Phi) is 4.14. The average molecular weight is 341 g/mol. The maximum atomic E-state index is 12.5. The van der Waals surface area contributed by atoms with Crippen molar-refractivity contribution in [2.45, 2.75) is 48.3 Å². The van der Waals surface area contributed by atoms with E-state index >= 15 is 0 Å². The summed E-state index contributed by atoms with van der Waals surface area (Å²) in [6.07, 6.45) is 4.71. The molecule has 1 saturated carbocycles. The van der Waals surface area contributed by atoms with Gasteiger partial charge in [-0.3, -0.25) is 9.59 Å². The number of H-pyrrole nitrogens is 1. The molecule has 1 fully saturated rings. The number of carbonyl (C=O) groups excluding carboxylic acids is 1. The Bertz CT molecular complexity index is 819. The zero-order valence-corrected chi connectivity index (χ0v) is 14.1. The van der Waals surface area contributed by atoms with Crippen molar-refractivity contribution in [2.24, 2.45) is 0 Å². The Labute approximate surface area is 144 Å². The summed E-state index contributed by atoms with van der Waals surface area (Å²) in [6, 6.07) is 9.29. The Morgan fingerprint density at radius 3 is 2.88 bits per heavy atom. The molecule has 0 saturated heterocycles. The van der Waals surface area contributed by atoms with E-state index in [4.69, 9.17) is 0 Å². The number of rotatable bonds is 3. The van der Waals surface area contributed by atoms with E-state index in [1.54, 1.807) is 11.8 Å². The lowest BCUT2D eigenvalue weighted by molar-refractivity contribution is -0.115. The van der Waals surface area contributed by atoms with E-state index in [-0.39, 0.29) is 17.9 Å². The predicted molar refractivity (Wildman–Crippen MR) is 94.5 cm³/mol. The lowest BCUT2D eigenvalue weighted by atomic mass is 9.85. The molecule has 4 rings (SSSR count). The van der Waals surface area contributed by atoms with Gasteiger partial charge in [-0.05, 0) is 25.0 Å². The molecule has 0 spiro atoms. The van der Waals surface area contributed by atoms with E-state index in [0.29, 0.717) is 17.0 Å². The van der Waals surface area contributed by atoms with Crippen LogP contribution in [0.4, 0.5) is 5.69 Å². The molecule has 2 atom stereocenters. The molecule has 124 valence electrons. The van der Waals surface area contributed by atoms with Crippen LogP contribution in [-0.4, -0.2) is 21.1 Å². The van der Waals surface area contributed by atoms with Gasteiger partial charge in [0.25, 0.3) is 5.56 Å². The van der Waals surface area contributed by atoms with Crippen LogP contribution in [0.5, 0.6) is 0 Å². The number of nitrogens with zero attached hydrogens (tertiary/aromatic N) is 1. The molecular weight excluding hydrogens is 322 g/mol. The van der Waals surface area contributed by atoms with Crippen molar-refractivity contribution in [2.75, 3.05) is 5.32 Å². The van der Waals surface area contributed by atoms with Gasteiger partial charge in [-0.25, -0.2) is 4.98 Å². The quantitative estimate of drug-likeness (QED) is 0.841. The summed E-state index contributed by atoms with van der Waals surface area (Å²) in [6.45, 7) is 0.